The van der Waals surface area contributed by atoms with Crippen molar-refractivity contribution in [3.63, 3.8) is 0 Å². The van der Waals surface area contributed by atoms with Crippen LogP contribution in [-0.4, -0.2) is 41.4 Å². The Morgan fingerprint density at radius 2 is 1.84 bits per heavy atom. The van der Waals surface area contributed by atoms with Crippen molar-refractivity contribution in [2.45, 2.75) is 75.7 Å². The molecule has 228 valence electrons. The third kappa shape index (κ3) is 5.22. The van der Waals surface area contributed by atoms with Gasteiger partial charge in [-0.1, -0.05) is 48.9 Å². The van der Waals surface area contributed by atoms with Crippen molar-refractivity contribution in [1.82, 2.24) is 10.6 Å². The Kier molecular flexibility index (Phi) is 7.78. The van der Waals surface area contributed by atoms with Gasteiger partial charge in [-0.15, -0.1) is 0 Å². The molecule has 3 aliphatic rings. The molecule has 1 amide bonds. The first kappa shape index (κ1) is 30.0. The van der Waals surface area contributed by atoms with E-state index in [4.69, 9.17) is 16.3 Å². The minimum Gasteiger partial charge on any atom is -0.480 e. The largest absolute Gasteiger partial charge is 0.480 e. The summed E-state index contributed by atoms with van der Waals surface area (Å²) in [6.45, 7) is 4.05. The second-order valence-electron chi connectivity index (χ2n) is 12.7. The van der Waals surface area contributed by atoms with Crippen LogP contribution < -0.4 is 15.4 Å². The fourth-order valence-electron chi connectivity index (χ4n) is 7.06. The van der Waals surface area contributed by atoms with Crippen LogP contribution in [0.15, 0.2) is 42.5 Å². The van der Waals surface area contributed by atoms with E-state index < -0.39 is 34.8 Å². The van der Waals surface area contributed by atoms with Crippen LogP contribution >= 0.6 is 11.6 Å². The lowest BCUT2D eigenvalue weighted by atomic mass is 9.82. The molecule has 0 radical (unpaired) electrons. The highest BCUT2D eigenvalue weighted by Gasteiger charge is 2.45. The van der Waals surface area contributed by atoms with Gasteiger partial charge >= 0.3 is 0 Å². The Morgan fingerprint density at radius 3 is 2.51 bits per heavy atom. The summed E-state index contributed by atoms with van der Waals surface area (Å²) >= 11 is 6.65. The number of nitrogens with one attached hydrogen (secondary N) is 2. The number of amides is 1. The van der Waals surface area contributed by atoms with E-state index in [1.54, 1.807) is 6.07 Å². The number of benzene rings is 3. The molecule has 9 heteroatoms. The van der Waals surface area contributed by atoms with Gasteiger partial charge in [-0.3, -0.25) is 4.79 Å². The van der Waals surface area contributed by atoms with Gasteiger partial charge in [-0.25, -0.2) is 8.78 Å². The van der Waals surface area contributed by atoms with E-state index in [0.29, 0.717) is 36.9 Å². The summed E-state index contributed by atoms with van der Waals surface area (Å²) in [6, 6.07) is 12.6. The van der Waals surface area contributed by atoms with Gasteiger partial charge in [0.15, 0.2) is 5.60 Å². The number of hydrogen-bond donors (Lipinski definition) is 4. The smallest absolute Gasteiger partial charge is 0.251 e. The monoisotopic (exact) mass is 610 g/mol. The zero-order valence-electron chi connectivity index (χ0n) is 24.6. The summed E-state index contributed by atoms with van der Waals surface area (Å²) in [5.74, 6) is -2.12. The van der Waals surface area contributed by atoms with E-state index >= 15 is 8.78 Å². The summed E-state index contributed by atoms with van der Waals surface area (Å²) < 4.78 is 38.8. The van der Waals surface area contributed by atoms with Crippen molar-refractivity contribution in [2.24, 2.45) is 5.92 Å². The lowest BCUT2D eigenvalue weighted by molar-refractivity contribution is 0.0104. The van der Waals surface area contributed by atoms with Gasteiger partial charge in [0, 0.05) is 54.4 Å². The Hall–Kier alpha value is -3.04. The maximum Gasteiger partial charge on any atom is 0.251 e. The van der Waals surface area contributed by atoms with E-state index in [1.165, 1.54) is 13.1 Å². The molecular weight excluding hydrogens is 574 g/mol. The number of aliphatic hydroxyl groups is 2. The quantitative estimate of drug-likeness (QED) is 0.276. The molecule has 3 aromatic carbocycles. The zero-order chi connectivity index (χ0) is 30.7. The third-order valence-electron chi connectivity index (χ3n) is 9.58. The van der Waals surface area contributed by atoms with Crippen molar-refractivity contribution >= 4 is 17.5 Å². The molecular formula is C34H37ClF2N2O4. The normalized spacial score (nSPS) is 27.9. The van der Waals surface area contributed by atoms with E-state index in [-0.39, 0.29) is 51.4 Å². The van der Waals surface area contributed by atoms with Crippen LogP contribution in [0.25, 0.3) is 11.1 Å². The highest BCUT2D eigenvalue weighted by Crippen LogP contribution is 2.52. The number of halogens is 3. The van der Waals surface area contributed by atoms with Crippen molar-refractivity contribution in [3.05, 3.63) is 86.9 Å². The van der Waals surface area contributed by atoms with E-state index in [1.807, 2.05) is 44.2 Å². The van der Waals surface area contributed by atoms with E-state index in [9.17, 15) is 15.0 Å². The average Bonchev–Trinajstić information content (AvgIpc) is 3.50. The van der Waals surface area contributed by atoms with Crippen molar-refractivity contribution < 1.29 is 28.5 Å². The minimum absolute atomic E-state index is 0.0272. The second-order valence-corrected chi connectivity index (χ2v) is 13.1. The molecule has 0 bridgehead atoms. The number of carbonyl (C=O) groups excluding carboxylic acids is 1. The number of fused-ring (bicyclic) bond motifs is 2. The summed E-state index contributed by atoms with van der Waals surface area (Å²) in [6.07, 6.45) is 2.55. The van der Waals surface area contributed by atoms with Gasteiger partial charge in [-0.2, -0.15) is 0 Å². The summed E-state index contributed by atoms with van der Waals surface area (Å²) in [4.78, 5) is 13.2. The number of ether oxygens (including phenoxy) is 1. The van der Waals surface area contributed by atoms with Gasteiger partial charge in [0.25, 0.3) is 5.91 Å². The fourth-order valence-corrected chi connectivity index (χ4v) is 7.33. The topological polar surface area (TPSA) is 90.8 Å². The summed E-state index contributed by atoms with van der Waals surface area (Å²) in [5, 5.41) is 27.2. The molecule has 6 nitrogen and oxygen atoms in total. The molecule has 3 aromatic rings. The highest BCUT2D eigenvalue weighted by atomic mass is 35.5. The molecule has 0 unspecified atom stereocenters. The molecule has 3 atom stereocenters. The van der Waals surface area contributed by atoms with Crippen LogP contribution in [0.1, 0.15) is 78.2 Å². The Balaban J connectivity index is 1.48. The molecule has 1 saturated carbocycles. The molecule has 2 aliphatic carbocycles. The maximum absolute atomic E-state index is 16.6. The van der Waals surface area contributed by atoms with Gasteiger partial charge in [0.05, 0.1) is 22.3 Å². The molecule has 0 saturated heterocycles. The van der Waals surface area contributed by atoms with Crippen LogP contribution in [0.4, 0.5) is 8.78 Å². The molecule has 0 spiro atoms. The van der Waals surface area contributed by atoms with Crippen LogP contribution in [-0.2, 0) is 18.4 Å². The van der Waals surface area contributed by atoms with Crippen LogP contribution in [0.3, 0.4) is 0 Å². The third-order valence-corrected chi connectivity index (χ3v) is 9.95. The van der Waals surface area contributed by atoms with Crippen molar-refractivity contribution in [2.75, 3.05) is 13.6 Å². The predicted molar refractivity (Wildman–Crippen MR) is 161 cm³/mol. The molecule has 1 aliphatic heterocycles. The Bertz CT molecular complexity index is 1570. The lowest BCUT2D eigenvalue weighted by Gasteiger charge is -2.36. The van der Waals surface area contributed by atoms with Crippen molar-refractivity contribution in [3.8, 4) is 16.9 Å². The van der Waals surface area contributed by atoms with Gasteiger partial charge in [0.2, 0.25) is 0 Å². The van der Waals surface area contributed by atoms with Gasteiger partial charge < -0.3 is 25.6 Å². The second kappa shape index (κ2) is 11.1. The summed E-state index contributed by atoms with van der Waals surface area (Å²) in [7, 11) is 1.45. The number of aliphatic hydroxyl groups excluding tert-OH is 1. The maximum atomic E-state index is 16.6. The van der Waals surface area contributed by atoms with E-state index in [0.717, 1.165) is 18.4 Å². The number of carbonyl (C=O) groups is 1. The molecule has 43 heavy (non-hydrogen) atoms. The van der Waals surface area contributed by atoms with Crippen LogP contribution in [0, 0.1) is 17.6 Å². The molecule has 4 N–H and O–H groups in total. The molecule has 6 rings (SSSR count). The fraction of sp³-hybridized carbons (Fsp3) is 0.441. The molecule has 0 aromatic heterocycles. The predicted octanol–water partition coefficient (Wildman–Crippen LogP) is 5.98. The Labute approximate surface area is 255 Å². The van der Waals surface area contributed by atoms with Crippen molar-refractivity contribution in [1.29, 1.82) is 0 Å². The molecule has 1 fully saturated rings. The highest BCUT2D eigenvalue weighted by molar-refractivity contribution is 6.34. The number of hydrogen-bond acceptors (Lipinski definition) is 5. The first-order valence-corrected chi connectivity index (χ1v) is 15.3. The standard InChI is InChI=1S/C34H37ClF2N2O4/c1-18-13-19-14-22(32(41)38-3)28(30(37)26(19)31(18)40)27-23-16-34(20-7-5-4-6-8-20,43-25(23)15-24(36)29(27)35)17-39-21-9-11-33(2,42)12-10-21/h4-8,14-15,18,21,31,39-40,42H,9-13,16-17H2,1-3H3,(H,38,41)/t18-,21?,31-,33?,34+/m0/s1. The van der Waals surface area contributed by atoms with Gasteiger partial charge in [-0.05, 0) is 62.1 Å². The van der Waals surface area contributed by atoms with Gasteiger partial charge in [0.1, 0.15) is 17.4 Å². The molecule has 1 heterocycles. The zero-order valence-corrected chi connectivity index (χ0v) is 25.3. The SMILES string of the molecule is CNC(=O)c1cc2c(c(F)c1-c1c(Cl)c(F)cc3c1C[C@@](CNC1CCC(C)(O)CC1)(c1ccccc1)O3)[C@@H](O)[C@@H](C)C2. The first-order chi connectivity index (χ1) is 20.4. The summed E-state index contributed by atoms with van der Waals surface area (Å²) in [5.41, 5.74) is 0.329. The lowest BCUT2D eigenvalue weighted by Crippen LogP contribution is -2.48. The minimum atomic E-state index is -1.06. The number of rotatable bonds is 6. The van der Waals surface area contributed by atoms with E-state index in [2.05, 4.69) is 10.6 Å². The van der Waals surface area contributed by atoms with Crippen LogP contribution in [0.2, 0.25) is 5.02 Å². The first-order valence-electron chi connectivity index (χ1n) is 14.9. The Morgan fingerprint density at radius 1 is 1.14 bits per heavy atom. The average molecular weight is 611 g/mol. The van der Waals surface area contributed by atoms with Crippen LogP contribution in [0.5, 0.6) is 5.75 Å².